The molecule has 2 rings (SSSR count). The Kier molecular flexibility index (Phi) is 5.32. The first-order valence-corrected chi connectivity index (χ1v) is 7.44. The fraction of sp³-hybridized carbons (Fsp3) is 0.533. The van der Waals surface area contributed by atoms with Gasteiger partial charge in [-0.2, -0.15) is 0 Å². The number of amides is 1. The predicted octanol–water partition coefficient (Wildman–Crippen LogP) is 1.75. The Hall–Kier alpha value is -2.15. The second kappa shape index (κ2) is 7.22. The first-order valence-electron chi connectivity index (χ1n) is 7.44. The minimum absolute atomic E-state index is 0.0946. The monoisotopic (exact) mass is 307 g/mol. The number of hydrogen-bond acceptors (Lipinski definition) is 5. The topological polar surface area (TPSA) is 107 Å². The van der Waals surface area contributed by atoms with Gasteiger partial charge in [-0.15, -0.1) is 0 Å². The van der Waals surface area contributed by atoms with Gasteiger partial charge in [0, 0.05) is 12.6 Å². The summed E-state index contributed by atoms with van der Waals surface area (Å²) in [6.07, 6.45) is 4.10. The smallest absolute Gasteiger partial charge is 0.310 e. The molecule has 7 nitrogen and oxygen atoms in total. The number of ether oxygens (including phenoxy) is 1. The van der Waals surface area contributed by atoms with Crippen LogP contribution in [0.5, 0.6) is 5.75 Å². The maximum Gasteiger partial charge on any atom is 0.310 e. The number of nitrogens with two attached hydrogens (primary N) is 1. The Morgan fingerprint density at radius 2 is 2.05 bits per heavy atom. The summed E-state index contributed by atoms with van der Waals surface area (Å²) in [5.74, 6) is 0.0423. The molecule has 0 heterocycles. The molecule has 0 bridgehead atoms. The van der Waals surface area contributed by atoms with E-state index < -0.39 is 4.92 Å². The maximum absolute atomic E-state index is 12.0. The largest absolute Gasteiger partial charge is 0.486 e. The minimum atomic E-state index is -0.503. The van der Waals surface area contributed by atoms with Gasteiger partial charge >= 0.3 is 5.69 Å². The average molecular weight is 307 g/mol. The number of nitrogens with zero attached hydrogens (tertiary/aromatic N) is 1. The summed E-state index contributed by atoms with van der Waals surface area (Å²) >= 11 is 0. The lowest BCUT2D eigenvalue weighted by atomic mass is 9.98. The van der Waals surface area contributed by atoms with Crippen molar-refractivity contribution in [3.05, 3.63) is 34.4 Å². The summed E-state index contributed by atoms with van der Waals surface area (Å²) < 4.78 is 5.37. The number of benzene rings is 1. The first-order chi connectivity index (χ1) is 10.6. The molecule has 1 aromatic rings. The van der Waals surface area contributed by atoms with Crippen LogP contribution < -0.4 is 15.8 Å². The molecule has 3 N–H and O–H groups in total. The zero-order chi connectivity index (χ0) is 16.0. The molecule has 1 fully saturated rings. The van der Waals surface area contributed by atoms with Crippen molar-refractivity contribution in [3.8, 4) is 5.75 Å². The molecule has 1 aliphatic rings. The van der Waals surface area contributed by atoms with Crippen molar-refractivity contribution in [2.75, 3.05) is 13.2 Å². The van der Waals surface area contributed by atoms with Crippen molar-refractivity contribution < 1.29 is 14.5 Å². The molecule has 1 aromatic carbocycles. The molecular weight excluding hydrogens is 286 g/mol. The number of para-hydroxylation sites is 2. The Bertz CT molecular complexity index is 541. The van der Waals surface area contributed by atoms with E-state index in [2.05, 4.69) is 5.32 Å². The number of nitrogens with one attached hydrogen (secondary N) is 1. The van der Waals surface area contributed by atoms with Crippen molar-refractivity contribution in [2.24, 2.45) is 5.73 Å². The Morgan fingerprint density at radius 1 is 1.36 bits per heavy atom. The van der Waals surface area contributed by atoms with Crippen LogP contribution in [0.3, 0.4) is 0 Å². The third-order valence-corrected chi connectivity index (χ3v) is 4.00. The molecule has 1 amide bonds. The van der Waals surface area contributed by atoms with E-state index in [0.717, 1.165) is 25.7 Å². The number of nitro groups is 1. The fourth-order valence-electron chi connectivity index (χ4n) is 2.77. The summed E-state index contributed by atoms with van der Waals surface area (Å²) in [7, 11) is 0. The van der Waals surface area contributed by atoms with Gasteiger partial charge in [-0.1, -0.05) is 25.0 Å². The Morgan fingerprint density at radius 3 is 2.68 bits per heavy atom. The number of carbonyl (C=O) groups is 1. The zero-order valence-corrected chi connectivity index (χ0v) is 12.4. The third-order valence-electron chi connectivity index (χ3n) is 4.00. The van der Waals surface area contributed by atoms with E-state index in [1.54, 1.807) is 12.1 Å². The molecule has 1 saturated carbocycles. The van der Waals surface area contributed by atoms with Crippen molar-refractivity contribution in [3.63, 3.8) is 0 Å². The number of hydrogen-bond donors (Lipinski definition) is 2. The van der Waals surface area contributed by atoms with E-state index in [9.17, 15) is 14.9 Å². The van der Waals surface area contributed by atoms with Gasteiger partial charge in [0.2, 0.25) is 5.91 Å². The van der Waals surface area contributed by atoms with E-state index in [1.165, 1.54) is 12.1 Å². The molecule has 0 saturated heterocycles. The number of rotatable bonds is 7. The fourth-order valence-corrected chi connectivity index (χ4v) is 2.77. The van der Waals surface area contributed by atoms with Crippen molar-refractivity contribution in [1.82, 2.24) is 5.32 Å². The first kappa shape index (κ1) is 16.2. The molecule has 0 radical (unpaired) electrons. The lowest BCUT2D eigenvalue weighted by molar-refractivity contribution is -0.385. The maximum atomic E-state index is 12.0. The van der Waals surface area contributed by atoms with Gasteiger partial charge < -0.3 is 15.8 Å². The quantitative estimate of drug-likeness (QED) is 0.589. The van der Waals surface area contributed by atoms with Crippen LogP contribution in [0.25, 0.3) is 0 Å². The second-order valence-corrected chi connectivity index (χ2v) is 5.56. The highest BCUT2D eigenvalue weighted by molar-refractivity contribution is 5.77. The zero-order valence-electron chi connectivity index (χ0n) is 12.4. The van der Waals surface area contributed by atoms with Crippen LogP contribution in [0.15, 0.2) is 24.3 Å². The van der Waals surface area contributed by atoms with Crippen LogP contribution in [-0.4, -0.2) is 29.5 Å². The van der Waals surface area contributed by atoms with Gasteiger partial charge in [0.15, 0.2) is 5.75 Å². The summed E-state index contributed by atoms with van der Waals surface area (Å²) in [5, 5.41) is 13.9. The Labute approximate surface area is 129 Å². The molecule has 1 aliphatic carbocycles. The molecule has 120 valence electrons. The van der Waals surface area contributed by atoms with Gasteiger partial charge in [0.1, 0.15) is 0 Å². The number of carbonyl (C=O) groups excluding carboxylic acids is 1. The van der Waals surface area contributed by atoms with Gasteiger partial charge in [-0.25, -0.2) is 0 Å². The summed E-state index contributed by atoms with van der Waals surface area (Å²) in [4.78, 5) is 22.4. The van der Waals surface area contributed by atoms with E-state index in [0.29, 0.717) is 6.54 Å². The lowest BCUT2D eigenvalue weighted by Crippen LogP contribution is -2.51. The van der Waals surface area contributed by atoms with Crippen LogP contribution >= 0.6 is 0 Å². The van der Waals surface area contributed by atoms with Crippen molar-refractivity contribution in [2.45, 2.75) is 37.6 Å². The van der Waals surface area contributed by atoms with E-state index in [1.807, 2.05) is 0 Å². The van der Waals surface area contributed by atoms with Crippen LogP contribution in [0.1, 0.15) is 32.1 Å². The van der Waals surface area contributed by atoms with Gasteiger partial charge in [-0.3, -0.25) is 14.9 Å². The molecule has 22 heavy (non-hydrogen) atoms. The molecule has 0 atom stereocenters. The molecule has 0 unspecified atom stereocenters. The molecule has 0 spiro atoms. The molecule has 7 heteroatoms. The minimum Gasteiger partial charge on any atom is -0.486 e. The van der Waals surface area contributed by atoms with Crippen LogP contribution in [-0.2, 0) is 4.79 Å². The summed E-state index contributed by atoms with van der Waals surface area (Å²) in [6.45, 7) is 0.529. The SMILES string of the molecule is NCC1(NC(=O)CCOc2ccccc2[N+](=O)[O-])CCCC1. The highest BCUT2D eigenvalue weighted by Crippen LogP contribution is 2.29. The molecule has 0 aromatic heterocycles. The number of nitro benzene ring substituents is 1. The molecule has 0 aliphatic heterocycles. The predicted molar refractivity (Wildman–Crippen MR) is 81.6 cm³/mol. The van der Waals surface area contributed by atoms with E-state index in [4.69, 9.17) is 10.5 Å². The van der Waals surface area contributed by atoms with Gasteiger partial charge in [0.25, 0.3) is 0 Å². The van der Waals surface area contributed by atoms with Gasteiger partial charge in [-0.05, 0) is 18.9 Å². The highest BCUT2D eigenvalue weighted by atomic mass is 16.6. The standard InChI is InChI=1S/C15H21N3O4/c16-11-15(8-3-4-9-15)17-14(19)7-10-22-13-6-2-1-5-12(13)18(20)21/h1-2,5-6H,3-4,7-11,16H2,(H,17,19). The Balaban J connectivity index is 1.84. The summed E-state index contributed by atoms with van der Waals surface area (Å²) in [5.41, 5.74) is 5.39. The highest BCUT2D eigenvalue weighted by Gasteiger charge is 2.33. The van der Waals surface area contributed by atoms with E-state index in [-0.39, 0.29) is 35.9 Å². The van der Waals surface area contributed by atoms with Crippen molar-refractivity contribution in [1.29, 1.82) is 0 Å². The summed E-state index contributed by atoms with van der Waals surface area (Å²) in [6, 6.07) is 6.12. The van der Waals surface area contributed by atoms with Gasteiger partial charge in [0.05, 0.1) is 23.5 Å². The van der Waals surface area contributed by atoms with E-state index >= 15 is 0 Å². The third kappa shape index (κ3) is 3.94. The average Bonchev–Trinajstić information content (AvgIpc) is 2.96. The second-order valence-electron chi connectivity index (χ2n) is 5.56. The molecular formula is C15H21N3O4. The van der Waals surface area contributed by atoms with Crippen LogP contribution in [0.4, 0.5) is 5.69 Å². The lowest BCUT2D eigenvalue weighted by Gasteiger charge is -2.28. The van der Waals surface area contributed by atoms with Crippen LogP contribution in [0.2, 0.25) is 0 Å². The normalized spacial score (nSPS) is 16.2. The van der Waals surface area contributed by atoms with Crippen molar-refractivity contribution >= 4 is 11.6 Å². The van der Waals surface area contributed by atoms with Crippen LogP contribution in [0, 0.1) is 10.1 Å².